The highest BCUT2D eigenvalue weighted by Crippen LogP contribution is 2.29. The van der Waals surface area contributed by atoms with Gasteiger partial charge in [-0.25, -0.2) is 5.43 Å². The van der Waals surface area contributed by atoms with Crippen molar-refractivity contribution in [2.45, 2.75) is 58.8 Å². The molecular formula is C23H29N3O3. The molecule has 0 radical (unpaired) electrons. The number of carbonyl (C=O) groups excluding carboxylic acids is 1. The minimum absolute atomic E-state index is 0.000520. The molecule has 154 valence electrons. The summed E-state index contributed by atoms with van der Waals surface area (Å²) < 4.78 is 0. The summed E-state index contributed by atoms with van der Waals surface area (Å²) >= 11 is 0. The number of amides is 1. The molecule has 0 fully saturated rings. The maximum atomic E-state index is 12.1. The Labute approximate surface area is 172 Å². The van der Waals surface area contributed by atoms with Crippen LogP contribution in [0.5, 0.6) is 0 Å². The number of hydrazone groups is 1. The van der Waals surface area contributed by atoms with Gasteiger partial charge >= 0.3 is 0 Å². The van der Waals surface area contributed by atoms with Crippen LogP contribution >= 0.6 is 0 Å². The normalized spacial score (nSPS) is 12.2. The first kappa shape index (κ1) is 22.3. The topological polar surface area (TPSA) is 84.6 Å². The van der Waals surface area contributed by atoms with Crippen LogP contribution in [0.3, 0.4) is 0 Å². The molecule has 2 aromatic rings. The zero-order chi connectivity index (χ0) is 21.8. The SMILES string of the molecule is CC(C)(C)c1cc(/C=N/NC(=O)Cc2ccc([N+](=O)[O-])cc2)cc(C(C)(C)C)c1. The van der Waals surface area contributed by atoms with Gasteiger partial charge in [0, 0.05) is 12.1 Å². The molecule has 0 aliphatic rings. The molecule has 0 heterocycles. The number of hydrogen-bond donors (Lipinski definition) is 1. The van der Waals surface area contributed by atoms with Crippen molar-refractivity contribution in [2.75, 3.05) is 0 Å². The van der Waals surface area contributed by atoms with Crippen molar-refractivity contribution in [3.63, 3.8) is 0 Å². The molecule has 0 saturated carbocycles. The van der Waals surface area contributed by atoms with Crippen LogP contribution in [-0.4, -0.2) is 17.0 Å². The highest BCUT2D eigenvalue weighted by atomic mass is 16.6. The van der Waals surface area contributed by atoms with Gasteiger partial charge in [-0.1, -0.05) is 59.7 Å². The smallest absolute Gasteiger partial charge is 0.269 e. The maximum Gasteiger partial charge on any atom is 0.269 e. The predicted octanol–water partition coefficient (Wildman–Crippen LogP) is 4.88. The second kappa shape index (κ2) is 8.55. The van der Waals surface area contributed by atoms with E-state index in [0.29, 0.717) is 5.56 Å². The monoisotopic (exact) mass is 395 g/mol. The van der Waals surface area contributed by atoms with Gasteiger partial charge in [0.2, 0.25) is 5.91 Å². The number of rotatable bonds is 5. The molecule has 1 N–H and O–H groups in total. The molecular weight excluding hydrogens is 366 g/mol. The first-order chi connectivity index (χ1) is 13.4. The molecule has 0 bridgehead atoms. The molecule has 0 spiro atoms. The summed E-state index contributed by atoms with van der Waals surface area (Å²) in [6, 6.07) is 12.3. The van der Waals surface area contributed by atoms with Gasteiger partial charge in [-0.2, -0.15) is 5.10 Å². The molecule has 0 aromatic heterocycles. The minimum atomic E-state index is -0.467. The van der Waals surface area contributed by atoms with Crippen molar-refractivity contribution in [1.29, 1.82) is 0 Å². The maximum absolute atomic E-state index is 12.1. The fourth-order valence-corrected chi connectivity index (χ4v) is 2.73. The third-order valence-electron chi connectivity index (χ3n) is 4.60. The van der Waals surface area contributed by atoms with Crippen LogP contribution in [0.25, 0.3) is 0 Å². The van der Waals surface area contributed by atoms with Gasteiger partial charge in [0.05, 0.1) is 17.6 Å². The lowest BCUT2D eigenvalue weighted by Crippen LogP contribution is -2.20. The summed E-state index contributed by atoms with van der Waals surface area (Å²) in [5.74, 6) is -0.280. The van der Waals surface area contributed by atoms with Gasteiger partial charge in [0.15, 0.2) is 0 Å². The summed E-state index contributed by atoms with van der Waals surface area (Å²) in [7, 11) is 0. The fourth-order valence-electron chi connectivity index (χ4n) is 2.73. The number of benzene rings is 2. The van der Waals surface area contributed by atoms with E-state index < -0.39 is 4.92 Å². The van der Waals surface area contributed by atoms with Crippen LogP contribution in [0.2, 0.25) is 0 Å². The van der Waals surface area contributed by atoms with Crippen molar-refractivity contribution in [3.05, 3.63) is 74.8 Å². The Morgan fingerprint density at radius 2 is 1.52 bits per heavy atom. The molecule has 6 nitrogen and oxygen atoms in total. The third-order valence-corrected chi connectivity index (χ3v) is 4.60. The van der Waals surface area contributed by atoms with E-state index in [2.05, 4.69) is 70.3 Å². The first-order valence-corrected chi connectivity index (χ1v) is 9.57. The van der Waals surface area contributed by atoms with Crippen LogP contribution in [0.4, 0.5) is 5.69 Å². The number of hydrogen-bond acceptors (Lipinski definition) is 4. The summed E-state index contributed by atoms with van der Waals surface area (Å²) in [5, 5.41) is 14.8. The van der Waals surface area contributed by atoms with Gasteiger partial charge in [-0.15, -0.1) is 0 Å². The van der Waals surface area contributed by atoms with Gasteiger partial charge in [0.1, 0.15) is 0 Å². The highest BCUT2D eigenvalue weighted by molar-refractivity contribution is 5.83. The summed E-state index contributed by atoms with van der Waals surface area (Å²) in [4.78, 5) is 22.3. The van der Waals surface area contributed by atoms with E-state index in [0.717, 1.165) is 5.56 Å². The van der Waals surface area contributed by atoms with E-state index in [4.69, 9.17) is 0 Å². The molecule has 1 amide bonds. The van der Waals surface area contributed by atoms with Gasteiger partial charge in [-0.3, -0.25) is 14.9 Å². The van der Waals surface area contributed by atoms with Gasteiger partial charge in [0.25, 0.3) is 5.69 Å². The van der Waals surface area contributed by atoms with Crippen molar-refractivity contribution in [1.82, 2.24) is 5.43 Å². The molecule has 2 aromatic carbocycles. The fraction of sp³-hybridized carbons (Fsp3) is 0.391. The Bertz CT molecular complexity index is 886. The van der Waals surface area contributed by atoms with E-state index >= 15 is 0 Å². The van der Waals surface area contributed by atoms with E-state index in [1.54, 1.807) is 18.3 Å². The minimum Gasteiger partial charge on any atom is -0.273 e. The largest absolute Gasteiger partial charge is 0.273 e. The Kier molecular flexibility index (Phi) is 6.57. The van der Waals surface area contributed by atoms with Gasteiger partial charge < -0.3 is 0 Å². The number of nitrogens with one attached hydrogen (secondary N) is 1. The Morgan fingerprint density at radius 1 is 1.00 bits per heavy atom. The zero-order valence-electron chi connectivity index (χ0n) is 17.9. The van der Waals surface area contributed by atoms with Crippen molar-refractivity contribution < 1.29 is 9.72 Å². The molecule has 0 atom stereocenters. The lowest BCUT2D eigenvalue weighted by Gasteiger charge is -2.25. The van der Waals surface area contributed by atoms with Crippen LogP contribution in [0.15, 0.2) is 47.6 Å². The van der Waals surface area contributed by atoms with Gasteiger partial charge in [-0.05, 0) is 45.2 Å². The molecule has 29 heavy (non-hydrogen) atoms. The Balaban J connectivity index is 2.10. The molecule has 0 unspecified atom stereocenters. The van der Waals surface area contributed by atoms with E-state index in [9.17, 15) is 14.9 Å². The lowest BCUT2D eigenvalue weighted by atomic mass is 9.80. The van der Waals surface area contributed by atoms with Crippen LogP contribution < -0.4 is 5.43 Å². The zero-order valence-corrected chi connectivity index (χ0v) is 17.9. The lowest BCUT2D eigenvalue weighted by molar-refractivity contribution is -0.384. The van der Waals surface area contributed by atoms with Crippen molar-refractivity contribution >= 4 is 17.8 Å². The summed E-state index contributed by atoms with van der Waals surface area (Å²) in [6.45, 7) is 13.0. The second-order valence-corrected chi connectivity index (χ2v) is 9.24. The standard InChI is InChI=1S/C23H29N3O3/c1-22(2,3)18-11-17(12-19(14-18)23(4,5)6)15-24-25-21(27)13-16-7-9-20(10-8-16)26(28)29/h7-12,14-15H,13H2,1-6H3,(H,25,27)/b24-15+. The molecule has 0 saturated heterocycles. The van der Waals surface area contributed by atoms with Crippen LogP contribution in [-0.2, 0) is 22.0 Å². The van der Waals surface area contributed by atoms with E-state index in [1.807, 2.05) is 0 Å². The summed E-state index contributed by atoms with van der Waals surface area (Å²) in [5.41, 5.74) is 6.58. The number of nitrogens with zero attached hydrogens (tertiary/aromatic N) is 2. The second-order valence-electron chi connectivity index (χ2n) is 9.24. The van der Waals surface area contributed by atoms with E-state index in [1.165, 1.54) is 23.3 Å². The average Bonchev–Trinajstić information content (AvgIpc) is 2.60. The first-order valence-electron chi connectivity index (χ1n) is 9.57. The quantitative estimate of drug-likeness (QED) is 0.445. The number of nitro groups is 1. The molecule has 6 heteroatoms. The average molecular weight is 396 g/mol. The van der Waals surface area contributed by atoms with E-state index in [-0.39, 0.29) is 28.8 Å². The number of non-ortho nitro benzene ring substituents is 1. The Morgan fingerprint density at radius 3 is 1.97 bits per heavy atom. The molecule has 0 aliphatic heterocycles. The van der Waals surface area contributed by atoms with Crippen molar-refractivity contribution in [3.8, 4) is 0 Å². The molecule has 2 rings (SSSR count). The number of nitro benzene ring substituents is 1. The summed E-state index contributed by atoms with van der Waals surface area (Å²) in [6.07, 6.45) is 1.75. The molecule has 0 aliphatic carbocycles. The van der Waals surface area contributed by atoms with Crippen LogP contribution in [0.1, 0.15) is 63.8 Å². The third kappa shape index (κ3) is 6.52. The van der Waals surface area contributed by atoms with Crippen molar-refractivity contribution in [2.24, 2.45) is 5.10 Å². The highest BCUT2D eigenvalue weighted by Gasteiger charge is 2.20. The Hall–Kier alpha value is -3.02. The number of carbonyl (C=O) groups is 1. The predicted molar refractivity (Wildman–Crippen MR) is 116 cm³/mol. The van der Waals surface area contributed by atoms with Crippen LogP contribution in [0, 0.1) is 10.1 Å².